The summed E-state index contributed by atoms with van der Waals surface area (Å²) in [7, 11) is 2.83. The highest BCUT2D eigenvalue weighted by molar-refractivity contribution is 5.49. The zero-order valence-corrected chi connectivity index (χ0v) is 10.0. The van der Waals surface area contributed by atoms with Gasteiger partial charge >= 0.3 is 0 Å². The van der Waals surface area contributed by atoms with E-state index in [1.165, 1.54) is 26.4 Å². The molecule has 0 heterocycles. The highest BCUT2D eigenvalue weighted by Gasteiger charge is 2.21. The number of ether oxygens (including phenoxy) is 2. The molecule has 0 amide bonds. The lowest BCUT2D eigenvalue weighted by molar-refractivity contribution is 0.148. The second-order valence-corrected chi connectivity index (χ2v) is 3.72. The van der Waals surface area contributed by atoms with Crippen molar-refractivity contribution in [2.24, 2.45) is 0 Å². The molecule has 5 heteroatoms. The van der Waals surface area contributed by atoms with E-state index in [9.17, 15) is 8.78 Å². The molecule has 0 fully saturated rings. The van der Waals surface area contributed by atoms with Crippen molar-refractivity contribution >= 4 is 0 Å². The first-order chi connectivity index (χ1) is 8.04. The SMILES string of the molecule is COc1cc(C(F)F)c(C(C)CO)cc1OC. The van der Waals surface area contributed by atoms with E-state index in [1.54, 1.807) is 6.92 Å². The van der Waals surface area contributed by atoms with E-state index in [-0.39, 0.29) is 23.8 Å². The van der Waals surface area contributed by atoms with Crippen molar-refractivity contribution in [3.63, 3.8) is 0 Å². The number of hydrogen-bond acceptors (Lipinski definition) is 3. The van der Waals surface area contributed by atoms with Gasteiger partial charge in [-0.2, -0.15) is 0 Å². The van der Waals surface area contributed by atoms with Crippen molar-refractivity contribution < 1.29 is 23.4 Å². The van der Waals surface area contributed by atoms with Crippen LogP contribution in [0.25, 0.3) is 0 Å². The molecule has 0 spiro atoms. The first-order valence-corrected chi connectivity index (χ1v) is 5.20. The molecule has 1 N–H and O–H groups in total. The lowest BCUT2D eigenvalue weighted by atomic mass is 9.95. The lowest BCUT2D eigenvalue weighted by Gasteiger charge is -2.17. The van der Waals surface area contributed by atoms with Gasteiger partial charge in [-0.25, -0.2) is 8.78 Å². The summed E-state index contributed by atoms with van der Waals surface area (Å²) in [5.41, 5.74) is 0.240. The molecule has 3 nitrogen and oxygen atoms in total. The van der Waals surface area contributed by atoms with Crippen molar-refractivity contribution in [3.05, 3.63) is 23.3 Å². The quantitative estimate of drug-likeness (QED) is 0.868. The molecule has 0 saturated carbocycles. The molecular weight excluding hydrogens is 230 g/mol. The maximum absolute atomic E-state index is 12.9. The molecule has 0 aliphatic carbocycles. The van der Waals surface area contributed by atoms with E-state index < -0.39 is 6.43 Å². The topological polar surface area (TPSA) is 38.7 Å². The van der Waals surface area contributed by atoms with Gasteiger partial charge in [-0.05, 0) is 17.7 Å². The van der Waals surface area contributed by atoms with Gasteiger partial charge < -0.3 is 14.6 Å². The molecule has 0 saturated heterocycles. The molecular formula is C12H16F2O3. The Morgan fingerprint density at radius 1 is 1.12 bits per heavy atom. The largest absolute Gasteiger partial charge is 0.493 e. The molecule has 0 bridgehead atoms. The van der Waals surface area contributed by atoms with Crippen LogP contribution in [0.2, 0.25) is 0 Å². The van der Waals surface area contributed by atoms with Crippen LogP contribution in [0, 0.1) is 0 Å². The summed E-state index contributed by atoms with van der Waals surface area (Å²) in [5.74, 6) is 0.266. The monoisotopic (exact) mass is 246 g/mol. The minimum absolute atomic E-state index is 0.135. The van der Waals surface area contributed by atoms with Crippen LogP contribution in [-0.4, -0.2) is 25.9 Å². The van der Waals surface area contributed by atoms with Crippen molar-refractivity contribution in [1.29, 1.82) is 0 Å². The predicted molar refractivity (Wildman–Crippen MR) is 60.0 cm³/mol. The molecule has 0 radical (unpaired) electrons. The predicted octanol–water partition coefficient (Wildman–Crippen LogP) is 2.74. The number of halogens is 2. The van der Waals surface area contributed by atoms with E-state index in [0.717, 1.165) is 0 Å². The Morgan fingerprint density at radius 2 is 1.59 bits per heavy atom. The summed E-state index contributed by atoms with van der Waals surface area (Å²) in [6.07, 6.45) is -2.61. The second-order valence-electron chi connectivity index (χ2n) is 3.72. The molecule has 17 heavy (non-hydrogen) atoms. The van der Waals surface area contributed by atoms with Crippen LogP contribution in [0.1, 0.15) is 30.4 Å². The number of alkyl halides is 2. The Labute approximate surface area is 99.0 Å². The normalized spacial score (nSPS) is 12.6. The summed E-state index contributed by atoms with van der Waals surface area (Å²) in [5, 5.41) is 9.07. The number of rotatable bonds is 5. The van der Waals surface area contributed by atoms with Gasteiger partial charge in [-0.15, -0.1) is 0 Å². The minimum Gasteiger partial charge on any atom is -0.493 e. The number of hydrogen-bond donors (Lipinski definition) is 1. The van der Waals surface area contributed by atoms with Gasteiger partial charge in [-0.3, -0.25) is 0 Å². The first kappa shape index (κ1) is 13.7. The summed E-state index contributed by atoms with van der Waals surface area (Å²) >= 11 is 0. The van der Waals surface area contributed by atoms with Crippen LogP contribution in [0.15, 0.2) is 12.1 Å². The molecule has 0 aromatic heterocycles. The third-order valence-corrected chi connectivity index (χ3v) is 2.63. The number of benzene rings is 1. The molecule has 0 aliphatic heterocycles. The Bertz CT molecular complexity index is 380. The summed E-state index contributed by atoms with van der Waals surface area (Å²) in [4.78, 5) is 0. The van der Waals surface area contributed by atoms with Crippen LogP contribution in [0.5, 0.6) is 11.5 Å². The molecule has 0 aliphatic rings. The molecule has 1 atom stereocenters. The maximum Gasteiger partial charge on any atom is 0.264 e. The summed E-state index contributed by atoms with van der Waals surface area (Å²) in [6.45, 7) is 1.47. The maximum atomic E-state index is 12.9. The molecule has 96 valence electrons. The van der Waals surface area contributed by atoms with Gasteiger partial charge in [0.1, 0.15) is 0 Å². The van der Waals surface area contributed by atoms with Gasteiger partial charge in [0.2, 0.25) is 0 Å². The van der Waals surface area contributed by atoms with E-state index in [0.29, 0.717) is 11.3 Å². The van der Waals surface area contributed by atoms with Gasteiger partial charge in [0.05, 0.1) is 14.2 Å². The van der Waals surface area contributed by atoms with Gasteiger partial charge in [-0.1, -0.05) is 6.92 Å². The number of methoxy groups -OCH3 is 2. The third-order valence-electron chi connectivity index (χ3n) is 2.63. The molecule has 1 aromatic carbocycles. The van der Waals surface area contributed by atoms with E-state index in [2.05, 4.69) is 0 Å². The van der Waals surface area contributed by atoms with Crippen molar-refractivity contribution in [1.82, 2.24) is 0 Å². The van der Waals surface area contributed by atoms with Gasteiger partial charge in [0.25, 0.3) is 6.43 Å². The number of aliphatic hydroxyl groups excluding tert-OH is 1. The Balaban J connectivity index is 3.34. The van der Waals surface area contributed by atoms with E-state index >= 15 is 0 Å². The third kappa shape index (κ3) is 2.85. The van der Waals surface area contributed by atoms with Gasteiger partial charge in [0.15, 0.2) is 11.5 Å². The Hall–Kier alpha value is -1.36. The average molecular weight is 246 g/mol. The fraction of sp³-hybridized carbons (Fsp3) is 0.500. The zero-order valence-electron chi connectivity index (χ0n) is 10.0. The fourth-order valence-corrected chi connectivity index (χ4v) is 1.62. The van der Waals surface area contributed by atoms with Crippen LogP contribution < -0.4 is 9.47 Å². The van der Waals surface area contributed by atoms with Crippen molar-refractivity contribution in [2.75, 3.05) is 20.8 Å². The summed E-state index contributed by atoms with van der Waals surface area (Å²) < 4.78 is 35.8. The molecule has 1 aromatic rings. The van der Waals surface area contributed by atoms with Crippen LogP contribution in [0.4, 0.5) is 8.78 Å². The highest BCUT2D eigenvalue weighted by Crippen LogP contribution is 2.37. The van der Waals surface area contributed by atoms with Crippen LogP contribution in [-0.2, 0) is 0 Å². The molecule has 1 rings (SSSR count). The van der Waals surface area contributed by atoms with E-state index in [1.807, 2.05) is 0 Å². The van der Waals surface area contributed by atoms with Crippen LogP contribution in [0.3, 0.4) is 0 Å². The summed E-state index contributed by atoms with van der Waals surface area (Å²) in [6, 6.07) is 2.74. The van der Waals surface area contributed by atoms with Crippen LogP contribution >= 0.6 is 0 Å². The highest BCUT2D eigenvalue weighted by atomic mass is 19.3. The van der Waals surface area contributed by atoms with Gasteiger partial charge in [0, 0.05) is 18.1 Å². The smallest absolute Gasteiger partial charge is 0.264 e. The Morgan fingerprint density at radius 3 is 1.94 bits per heavy atom. The van der Waals surface area contributed by atoms with Crippen molar-refractivity contribution in [3.8, 4) is 11.5 Å². The number of aliphatic hydroxyl groups is 1. The minimum atomic E-state index is -2.61. The lowest BCUT2D eigenvalue weighted by Crippen LogP contribution is -2.05. The first-order valence-electron chi connectivity index (χ1n) is 5.20. The Kier molecular flexibility index (Phi) is 4.69. The van der Waals surface area contributed by atoms with Crippen molar-refractivity contribution in [2.45, 2.75) is 19.3 Å². The average Bonchev–Trinajstić information content (AvgIpc) is 2.35. The fourth-order valence-electron chi connectivity index (χ4n) is 1.62. The van der Waals surface area contributed by atoms with E-state index in [4.69, 9.17) is 14.6 Å². The second kappa shape index (κ2) is 5.82. The standard InChI is InChI=1S/C12H16F2O3/c1-7(6-15)8-4-10(16-2)11(17-3)5-9(8)12(13)14/h4-5,7,12,15H,6H2,1-3H3. The molecule has 1 unspecified atom stereocenters. The zero-order chi connectivity index (χ0) is 13.0.